The Morgan fingerprint density at radius 3 is 1.91 bits per heavy atom. The molecule has 0 bridgehead atoms. The molecule has 8 heteroatoms. The van der Waals surface area contributed by atoms with Crippen molar-refractivity contribution in [2.24, 2.45) is 0 Å². The van der Waals surface area contributed by atoms with E-state index >= 15 is 0 Å². The van der Waals surface area contributed by atoms with E-state index in [0.29, 0.717) is 0 Å². The van der Waals surface area contributed by atoms with Crippen LogP contribution in [0, 0.1) is 0 Å². The van der Waals surface area contributed by atoms with Gasteiger partial charge in [-0.05, 0) is 39.0 Å². The smallest absolute Gasteiger partial charge is 0.338 e. The van der Waals surface area contributed by atoms with Gasteiger partial charge in [-0.25, -0.2) is 18.0 Å². The molecule has 1 rings (SSSR count). The fraction of sp³-hybridized carbons (Fsp3) is 0.467. The molecule has 1 aromatic carbocycles. The van der Waals surface area contributed by atoms with Crippen LogP contribution in [0.4, 0.5) is 5.69 Å². The second-order valence-electron chi connectivity index (χ2n) is 5.99. The minimum absolute atomic E-state index is 0.0568. The van der Waals surface area contributed by atoms with Gasteiger partial charge in [0.25, 0.3) is 0 Å². The van der Waals surface area contributed by atoms with Gasteiger partial charge < -0.3 is 9.47 Å². The molecule has 0 saturated heterocycles. The Morgan fingerprint density at radius 2 is 1.52 bits per heavy atom. The third kappa shape index (κ3) is 5.24. The Bertz CT molecular complexity index is 718. The number of sulfonamides is 1. The van der Waals surface area contributed by atoms with Crippen LogP contribution in [0.25, 0.3) is 0 Å². The highest BCUT2D eigenvalue weighted by atomic mass is 32.2. The minimum Gasteiger partial charge on any atom is -0.465 e. The number of hydrogen-bond acceptors (Lipinski definition) is 6. The highest BCUT2D eigenvalue weighted by molar-refractivity contribution is 7.92. The van der Waals surface area contributed by atoms with Crippen molar-refractivity contribution in [2.75, 3.05) is 24.7 Å². The van der Waals surface area contributed by atoms with Gasteiger partial charge in [0.15, 0.2) is 0 Å². The molecule has 23 heavy (non-hydrogen) atoms. The van der Waals surface area contributed by atoms with E-state index in [9.17, 15) is 18.0 Å². The molecule has 0 aliphatic carbocycles. The fourth-order valence-corrected chi connectivity index (χ4v) is 2.16. The second-order valence-corrected chi connectivity index (χ2v) is 8.01. The number of rotatable bonds is 4. The summed E-state index contributed by atoms with van der Waals surface area (Å²) >= 11 is 0. The molecule has 0 fully saturated rings. The topological polar surface area (TPSA) is 90.0 Å². The number of anilines is 1. The standard InChI is InChI=1S/C15H21NO6S/c1-15(2,3)22-14(18)11-7-10(13(17)21-5)8-12(9-11)16(4)23(6,19)20/h7-9H,1-6H3. The summed E-state index contributed by atoms with van der Waals surface area (Å²) in [5.41, 5.74) is -0.438. The van der Waals surface area contributed by atoms with Gasteiger partial charge in [-0.2, -0.15) is 0 Å². The number of esters is 2. The van der Waals surface area contributed by atoms with Crippen LogP contribution >= 0.6 is 0 Å². The van der Waals surface area contributed by atoms with E-state index in [1.807, 2.05) is 0 Å². The normalized spacial score (nSPS) is 11.7. The summed E-state index contributed by atoms with van der Waals surface area (Å²) in [6.45, 7) is 5.12. The molecule has 128 valence electrons. The molecular weight excluding hydrogens is 322 g/mol. The number of ether oxygens (including phenoxy) is 2. The van der Waals surface area contributed by atoms with Crippen molar-refractivity contribution < 1.29 is 27.5 Å². The van der Waals surface area contributed by atoms with Crippen LogP contribution in [0.5, 0.6) is 0 Å². The summed E-state index contributed by atoms with van der Waals surface area (Å²) in [6.07, 6.45) is 1.02. The molecule has 0 unspecified atom stereocenters. The van der Waals surface area contributed by atoms with Crippen LogP contribution in [0.2, 0.25) is 0 Å². The fourth-order valence-electron chi connectivity index (χ4n) is 1.68. The predicted octanol–water partition coefficient (Wildman–Crippen LogP) is 1.82. The third-order valence-corrected chi connectivity index (χ3v) is 4.04. The molecule has 0 aliphatic rings. The third-order valence-electron chi connectivity index (χ3n) is 2.83. The van der Waals surface area contributed by atoms with E-state index in [2.05, 4.69) is 4.74 Å². The van der Waals surface area contributed by atoms with Gasteiger partial charge in [-0.3, -0.25) is 4.31 Å². The summed E-state index contributed by atoms with van der Waals surface area (Å²) in [4.78, 5) is 24.0. The lowest BCUT2D eigenvalue weighted by atomic mass is 10.1. The quantitative estimate of drug-likeness (QED) is 0.775. The lowest BCUT2D eigenvalue weighted by molar-refractivity contribution is 0.00695. The Hall–Kier alpha value is -2.09. The van der Waals surface area contributed by atoms with E-state index in [0.717, 1.165) is 10.6 Å². The van der Waals surface area contributed by atoms with Crippen molar-refractivity contribution in [1.29, 1.82) is 0 Å². The highest BCUT2D eigenvalue weighted by Gasteiger charge is 2.22. The largest absolute Gasteiger partial charge is 0.465 e. The number of carbonyl (C=O) groups is 2. The van der Waals surface area contributed by atoms with Gasteiger partial charge in [0.05, 0.1) is 30.2 Å². The summed E-state index contributed by atoms with van der Waals surface area (Å²) in [5.74, 6) is -1.34. The van der Waals surface area contributed by atoms with Crippen LogP contribution in [0.15, 0.2) is 18.2 Å². The molecule has 1 aromatic rings. The van der Waals surface area contributed by atoms with Crippen LogP contribution in [-0.2, 0) is 19.5 Å². The van der Waals surface area contributed by atoms with Crippen LogP contribution < -0.4 is 4.31 Å². The molecule has 0 heterocycles. The first kappa shape index (κ1) is 19.0. The average Bonchev–Trinajstić information content (AvgIpc) is 2.42. The molecule has 7 nitrogen and oxygen atoms in total. The van der Waals surface area contributed by atoms with E-state index in [4.69, 9.17) is 4.74 Å². The van der Waals surface area contributed by atoms with Gasteiger partial charge in [0, 0.05) is 7.05 Å². The molecule has 0 aromatic heterocycles. The zero-order valence-electron chi connectivity index (χ0n) is 14.0. The molecule has 0 radical (unpaired) electrons. The van der Waals surface area contributed by atoms with Crippen LogP contribution in [-0.4, -0.2) is 46.4 Å². The molecular formula is C15H21NO6S. The Labute approximate surface area is 136 Å². The van der Waals surface area contributed by atoms with Crippen molar-refractivity contribution >= 4 is 27.6 Å². The highest BCUT2D eigenvalue weighted by Crippen LogP contribution is 2.23. The van der Waals surface area contributed by atoms with Crippen LogP contribution in [0.3, 0.4) is 0 Å². The number of hydrogen-bond donors (Lipinski definition) is 0. The molecule has 0 saturated carbocycles. The van der Waals surface area contributed by atoms with E-state index in [1.165, 1.54) is 32.4 Å². The molecule has 0 atom stereocenters. The van der Waals surface area contributed by atoms with E-state index < -0.39 is 27.6 Å². The minimum atomic E-state index is -3.55. The van der Waals surface area contributed by atoms with Gasteiger partial charge in [0.1, 0.15) is 5.60 Å². The van der Waals surface area contributed by atoms with Crippen molar-refractivity contribution in [2.45, 2.75) is 26.4 Å². The zero-order valence-corrected chi connectivity index (χ0v) is 14.9. The Kier molecular flexibility index (Phi) is 5.42. The van der Waals surface area contributed by atoms with Gasteiger partial charge >= 0.3 is 11.9 Å². The summed E-state index contributed by atoms with van der Waals surface area (Å²) in [7, 11) is -1.03. The van der Waals surface area contributed by atoms with Crippen molar-refractivity contribution in [3.8, 4) is 0 Å². The van der Waals surface area contributed by atoms with Crippen LogP contribution in [0.1, 0.15) is 41.5 Å². The summed E-state index contributed by atoms with van der Waals surface area (Å²) in [6, 6.07) is 3.99. The first-order chi connectivity index (χ1) is 10.3. The lowest BCUT2D eigenvalue weighted by Gasteiger charge is -2.21. The first-order valence-electron chi connectivity index (χ1n) is 6.76. The Balaban J connectivity index is 3.41. The zero-order chi connectivity index (χ0) is 18.0. The summed E-state index contributed by atoms with van der Waals surface area (Å²) < 4.78 is 34.2. The van der Waals surface area contributed by atoms with Gasteiger partial charge in [-0.15, -0.1) is 0 Å². The molecule has 0 aliphatic heterocycles. The van der Waals surface area contributed by atoms with Gasteiger partial charge in [-0.1, -0.05) is 0 Å². The van der Waals surface area contributed by atoms with Crippen molar-refractivity contribution in [3.05, 3.63) is 29.3 Å². The van der Waals surface area contributed by atoms with E-state index in [-0.39, 0.29) is 16.8 Å². The van der Waals surface area contributed by atoms with E-state index in [1.54, 1.807) is 20.8 Å². The maximum Gasteiger partial charge on any atom is 0.338 e. The van der Waals surface area contributed by atoms with Gasteiger partial charge in [0.2, 0.25) is 10.0 Å². The Morgan fingerprint density at radius 1 is 1.04 bits per heavy atom. The number of nitrogens with zero attached hydrogens (tertiary/aromatic N) is 1. The number of benzene rings is 1. The number of methoxy groups -OCH3 is 1. The maximum absolute atomic E-state index is 12.2. The maximum atomic E-state index is 12.2. The van der Waals surface area contributed by atoms with Crippen molar-refractivity contribution in [1.82, 2.24) is 0 Å². The molecule has 0 N–H and O–H groups in total. The average molecular weight is 343 g/mol. The first-order valence-corrected chi connectivity index (χ1v) is 8.60. The lowest BCUT2D eigenvalue weighted by Crippen LogP contribution is -2.27. The SMILES string of the molecule is COC(=O)c1cc(C(=O)OC(C)(C)C)cc(N(C)S(C)(=O)=O)c1. The molecule has 0 spiro atoms. The monoisotopic (exact) mass is 343 g/mol. The number of carbonyl (C=O) groups excluding carboxylic acids is 2. The predicted molar refractivity (Wildman–Crippen MR) is 86.2 cm³/mol. The second kappa shape index (κ2) is 6.57. The summed E-state index contributed by atoms with van der Waals surface area (Å²) in [5, 5.41) is 0. The molecule has 0 amide bonds. The van der Waals surface area contributed by atoms with Crippen molar-refractivity contribution in [3.63, 3.8) is 0 Å².